The first kappa shape index (κ1) is 19.7. The highest BCUT2D eigenvalue weighted by molar-refractivity contribution is 6.30. The van der Waals surface area contributed by atoms with Crippen molar-refractivity contribution >= 4 is 41.5 Å². The van der Waals surface area contributed by atoms with E-state index in [1.54, 1.807) is 24.3 Å². The maximum absolute atomic E-state index is 12.4. The molecule has 27 heavy (non-hydrogen) atoms. The molecule has 0 aliphatic carbocycles. The van der Waals surface area contributed by atoms with Crippen LogP contribution in [0.15, 0.2) is 48.5 Å². The summed E-state index contributed by atoms with van der Waals surface area (Å²) in [4.78, 5) is 30.8. The molecule has 2 aromatic rings. The van der Waals surface area contributed by atoms with Crippen LogP contribution < -0.4 is 4.90 Å². The summed E-state index contributed by atoms with van der Waals surface area (Å²) in [5, 5.41) is 0.746. The number of nitrogens with zero attached hydrogens (tertiary/aromatic N) is 3. The largest absolute Gasteiger partial charge is 0.369 e. The second kappa shape index (κ2) is 8.30. The average molecular weight is 406 g/mol. The third-order valence-corrected chi connectivity index (χ3v) is 5.30. The molecule has 0 radical (unpaired) electrons. The van der Waals surface area contributed by atoms with E-state index in [9.17, 15) is 9.59 Å². The summed E-state index contributed by atoms with van der Waals surface area (Å²) in [6.45, 7) is 4.74. The van der Waals surface area contributed by atoms with Gasteiger partial charge >= 0.3 is 0 Å². The lowest BCUT2D eigenvalue weighted by Crippen LogP contribution is -2.49. The summed E-state index contributed by atoms with van der Waals surface area (Å²) in [5.41, 5.74) is 2.17. The predicted octanol–water partition coefficient (Wildman–Crippen LogP) is 3.18. The molecular weight excluding hydrogens is 385 g/mol. The van der Waals surface area contributed by atoms with Crippen LogP contribution in [0.2, 0.25) is 5.02 Å². The van der Waals surface area contributed by atoms with E-state index in [2.05, 4.69) is 15.9 Å². The Morgan fingerprint density at radius 3 is 2.04 bits per heavy atom. The summed E-state index contributed by atoms with van der Waals surface area (Å²) in [7, 11) is 0. The molecule has 142 valence electrons. The number of hydrogen-bond acceptors (Lipinski definition) is 4. The molecule has 1 saturated heterocycles. The molecule has 2 amide bonds. The van der Waals surface area contributed by atoms with Crippen molar-refractivity contribution in [1.29, 1.82) is 0 Å². The molecule has 0 unspecified atom stereocenters. The number of rotatable bonds is 4. The van der Waals surface area contributed by atoms with Crippen molar-refractivity contribution in [2.75, 3.05) is 44.2 Å². The second-order valence-corrected chi connectivity index (χ2v) is 7.05. The third kappa shape index (κ3) is 3.95. The van der Waals surface area contributed by atoms with Crippen LogP contribution in [-0.4, -0.2) is 60.9 Å². The van der Waals surface area contributed by atoms with Crippen LogP contribution in [0.3, 0.4) is 0 Å². The van der Waals surface area contributed by atoms with Crippen LogP contribution in [0.1, 0.15) is 20.7 Å². The SMILES string of the molecule is Cl.O=C1c2ccccc2C(=O)N1CCN1CCN(c2cccc(Cl)c2)CC1. The Balaban J connectivity index is 0.00000210. The predicted molar refractivity (Wildman–Crippen MR) is 109 cm³/mol. The van der Waals surface area contributed by atoms with Gasteiger partial charge in [0.25, 0.3) is 11.8 Å². The minimum absolute atomic E-state index is 0. The van der Waals surface area contributed by atoms with E-state index in [0.717, 1.165) is 36.9 Å². The van der Waals surface area contributed by atoms with Crippen LogP contribution in [0.25, 0.3) is 0 Å². The number of fused-ring (bicyclic) bond motifs is 1. The minimum Gasteiger partial charge on any atom is -0.369 e. The van der Waals surface area contributed by atoms with Crippen molar-refractivity contribution in [3.05, 3.63) is 64.7 Å². The van der Waals surface area contributed by atoms with Crippen molar-refractivity contribution in [3.8, 4) is 0 Å². The summed E-state index contributed by atoms with van der Waals surface area (Å²) in [5.74, 6) is -0.355. The first-order valence-corrected chi connectivity index (χ1v) is 9.19. The molecule has 2 aliphatic rings. The number of amides is 2. The van der Waals surface area contributed by atoms with E-state index in [-0.39, 0.29) is 24.2 Å². The van der Waals surface area contributed by atoms with Gasteiger partial charge in [-0.15, -0.1) is 12.4 Å². The van der Waals surface area contributed by atoms with Gasteiger partial charge in [-0.3, -0.25) is 19.4 Å². The number of hydrogen-bond donors (Lipinski definition) is 0. The molecule has 0 spiro atoms. The number of carbonyl (C=O) groups is 2. The van der Waals surface area contributed by atoms with Gasteiger partial charge in [-0.25, -0.2) is 0 Å². The Morgan fingerprint density at radius 1 is 0.815 bits per heavy atom. The van der Waals surface area contributed by atoms with Gasteiger partial charge in [0.1, 0.15) is 0 Å². The normalized spacial score (nSPS) is 17.1. The van der Waals surface area contributed by atoms with Gasteiger partial charge in [0, 0.05) is 50.0 Å². The lowest BCUT2D eigenvalue weighted by molar-refractivity contribution is 0.0635. The molecular formula is C20H21Cl2N3O2. The molecule has 0 aromatic heterocycles. The van der Waals surface area contributed by atoms with Crippen molar-refractivity contribution in [3.63, 3.8) is 0 Å². The van der Waals surface area contributed by atoms with Crippen LogP contribution >= 0.6 is 24.0 Å². The van der Waals surface area contributed by atoms with Gasteiger partial charge in [0.15, 0.2) is 0 Å². The zero-order valence-electron chi connectivity index (χ0n) is 14.8. The highest BCUT2D eigenvalue weighted by Gasteiger charge is 2.35. The quantitative estimate of drug-likeness (QED) is 0.732. The summed E-state index contributed by atoms with van der Waals surface area (Å²) in [6.07, 6.45) is 0. The van der Waals surface area contributed by atoms with Gasteiger partial charge in [0.2, 0.25) is 0 Å². The maximum atomic E-state index is 12.4. The maximum Gasteiger partial charge on any atom is 0.261 e. The van der Waals surface area contributed by atoms with Gasteiger partial charge < -0.3 is 4.90 Å². The average Bonchev–Trinajstić information content (AvgIpc) is 2.91. The Bertz CT molecular complexity index is 816. The van der Waals surface area contributed by atoms with E-state index in [0.29, 0.717) is 24.2 Å². The molecule has 2 aliphatic heterocycles. The first-order valence-electron chi connectivity index (χ1n) is 8.81. The monoisotopic (exact) mass is 405 g/mol. The highest BCUT2D eigenvalue weighted by Crippen LogP contribution is 2.23. The molecule has 0 N–H and O–H groups in total. The van der Waals surface area contributed by atoms with Crippen LogP contribution in [0.4, 0.5) is 5.69 Å². The fourth-order valence-electron chi connectivity index (χ4n) is 3.59. The van der Waals surface area contributed by atoms with Gasteiger partial charge in [-0.1, -0.05) is 29.8 Å². The molecule has 0 saturated carbocycles. The topological polar surface area (TPSA) is 43.9 Å². The Morgan fingerprint density at radius 2 is 1.44 bits per heavy atom. The highest BCUT2D eigenvalue weighted by atomic mass is 35.5. The zero-order valence-corrected chi connectivity index (χ0v) is 16.4. The molecule has 4 rings (SSSR count). The molecule has 1 fully saturated rings. The number of piperazine rings is 1. The van der Waals surface area contributed by atoms with E-state index < -0.39 is 0 Å². The molecule has 2 heterocycles. The fraction of sp³-hybridized carbons (Fsp3) is 0.300. The molecule has 7 heteroatoms. The van der Waals surface area contributed by atoms with Crippen molar-refractivity contribution in [2.24, 2.45) is 0 Å². The van der Waals surface area contributed by atoms with Crippen molar-refractivity contribution in [1.82, 2.24) is 9.80 Å². The number of imide groups is 1. The molecule has 0 atom stereocenters. The zero-order chi connectivity index (χ0) is 18.1. The number of carbonyl (C=O) groups excluding carboxylic acids is 2. The Labute approximate surface area is 169 Å². The van der Waals surface area contributed by atoms with E-state index in [1.165, 1.54) is 4.90 Å². The molecule has 0 bridgehead atoms. The van der Waals surface area contributed by atoms with Gasteiger partial charge in [-0.2, -0.15) is 0 Å². The van der Waals surface area contributed by atoms with E-state index in [1.807, 2.05) is 18.2 Å². The number of benzene rings is 2. The molecule has 2 aromatic carbocycles. The standard InChI is InChI=1S/C20H20ClN3O2.ClH/c21-15-4-3-5-16(14-15)23-11-8-22(9-12-23)10-13-24-19(25)17-6-1-2-7-18(17)20(24)26;/h1-7,14H,8-13H2;1H. The van der Waals surface area contributed by atoms with Crippen molar-refractivity contribution in [2.45, 2.75) is 0 Å². The summed E-state index contributed by atoms with van der Waals surface area (Å²) >= 11 is 6.07. The van der Waals surface area contributed by atoms with Crippen LogP contribution in [0.5, 0.6) is 0 Å². The van der Waals surface area contributed by atoms with Gasteiger partial charge in [-0.05, 0) is 30.3 Å². The third-order valence-electron chi connectivity index (χ3n) is 5.06. The lowest BCUT2D eigenvalue weighted by Gasteiger charge is -2.36. The number of halogens is 2. The summed E-state index contributed by atoms with van der Waals surface area (Å²) in [6, 6.07) is 14.9. The smallest absolute Gasteiger partial charge is 0.261 e. The lowest BCUT2D eigenvalue weighted by atomic mass is 10.1. The first-order chi connectivity index (χ1) is 12.6. The van der Waals surface area contributed by atoms with E-state index in [4.69, 9.17) is 11.6 Å². The number of anilines is 1. The molecule has 5 nitrogen and oxygen atoms in total. The minimum atomic E-state index is -0.178. The fourth-order valence-corrected chi connectivity index (χ4v) is 3.77. The Kier molecular flexibility index (Phi) is 6.05. The Hall–Kier alpha value is -2.08. The van der Waals surface area contributed by atoms with Crippen LogP contribution in [-0.2, 0) is 0 Å². The summed E-state index contributed by atoms with van der Waals surface area (Å²) < 4.78 is 0. The van der Waals surface area contributed by atoms with Gasteiger partial charge in [0.05, 0.1) is 11.1 Å². The van der Waals surface area contributed by atoms with E-state index >= 15 is 0 Å². The van der Waals surface area contributed by atoms with Crippen LogP contribution in [0, 0.1) is 0 Å². The second-order valence-electron chi connectivity index (χ2n) is 6.62. The van der Waals surface area contributed by atoms with Crippen molar-refractivity contribution < 1.29 is 9.59 Å².